The van der Waals surface area contributed by atoms with Crippen molar-refractivity contribution in [2.45, 2.75) is 51.7 Å². The molecule has 1 amide bonds. The standard InChI is InChI=1S/C25H29NO6/c1-16(25(29)26-15-17-7-11-22(30-2)23(13-17)31-3)32-24(28)12-10-21(27)20-9-8-18-5-4-6-19(18)14-20/h7-9,11,13-14,16H,4-6,10,12,15H2,1-3H3,(H,26,29). The molecular formula is C25H29NO6. The van der Waals surface area contributed by atoms with Gasteiger partial charge in [0.2, 0.25) is 0 Å². The average molecular weight is 440 g/mol. The normalized spacial score (nSPS) is 13.1. The van der Waals surface area contributed by atoms with Crippen LogP contribution in [0.3, 0.4) is 0 Å². The summed E-state index contributed by atoms with van der Waals surface area (Å²) < 4.78 is 15.6. The van der Waals surface area contributed by atoms with E-state index in [1.54, 1.807) is 19.2 Å². The van der Waals surface area contributed by atoms with Crippen LogP contribution in [0.1, 0.15) is 53.2 Å². The molecule has 0 radical (unpaired) electrons. The van der Waals surface area contributed by atoms with Gasteiger partial charge in [0, 0.05) is 18.5 Å². The average Bonchev–Trinajstić information content (AvgIpc) is 3.28. The predicted molar refractivity (Wildman–Crippen MR) is 119 cm³/mol. The number of ether oxygens (including phenoxy) is 3. The molecule has 0 heterocycles. The van der Waals surface area contributed by atoms with Crippen LogP contribution < -0.4 is 14.8 Å². The summed E-state index contributed by atoms with van der Waals surface area (Å²) in [5.74, 6) is 0.0691. The zero-order valence-corrected chi connectivity index (χ0v) is 18.7. The molecule has 0 bridgehead atoms. The fraction of sp³-hybridized carbons (Fsp3) is 0.400. The number of Topliss-reactive ketones (excluding diaryl/α,β-unsaturated/α-hetero) is 1. The summed E-state index contributed by atoms with van der Waals surface area (Å²) in [4.78, 5) is 36.8. The van der Waals surface area contributed by atoms with Crippen molar-refractivity contribution >= 4 is 17.7 Å². The molecule has 7 nitrogen and oxygen atoms in total. The lowest BCUT2D eigenvalue weighted by atomic mass is 10.0. The molecule has 1 aliphatic carbocycles. The fourth-order valence-electron chi connectivity index (χ4n) is 3.74. The molecule has 1 aliphatic rings. The Hall–Kier alpha value is -3.35. The molecule has 170 valence electrons. The summed E-state index contributed by atoms with van der Waals surface area (Å²) in [5, 5.41) is 2.73. The molecule has 0 aliphatic heterocycles. The SMILES string of the molecule is COc1ccc(CNC(=O)C(C)OC(=O)CCC(=O)c2ccc3c(c2)CCC3)cc1OC. The van der Waals surface area contributed by atoms with Gasteiger partial charge in [-0.1, -0.05) is 18.2 Å². The zero-order chi connectivity index (χ0) is 23.1. The number of esters is 1. The Kier molecular flexibility index (Phi) is 7.87. The largest absolute Gasteiger partial charge is 0.493 e. The summed E-state index contributed by atoms with van der Waals surface area (Å²) in [7, 11) is 3.09. The number of aryl methyl sites for hydroxylation is 2. The van der Waals surface area contributed by atoms with E-state index >= 15 is 0 Å². The van der Waals surface area contributed by atoms with Crippen LogP contribution in [-0.4, -0.2) is 38.0 Å². The third-order valence-electron chi connectivity index (χ3n) is 5.57. The first kappa shape index (κ1) is 23.3. The molecule has 0 spiro atoms. The number of carbonyl (C=O) groups is 3. The van der Waals surface area contributed by atoms with Gasteiger partial charge in [-0.25, -0.2) is 0 Å². The summed E-state index contributed by atoms with van der Waals surface area (Å²) in [6.45, 7) is 1.75. The van der Waals surface area contributed by atoms with Crippen molar-refractivity contribution in [3.63, 3.8) is 0 Å². The number of benzene rings is 2. The number of carbonyl (C=O) groups excluding carboxylic acids is 3. The minimum atomic E-state index is -0.960. The monoisotopic (exact) mass is 439 g/mol. The second kappa shape index (κ2) is 10.8. The van der Waals surface area contributed by atoms with Gasteiger partial charge in [-0.3, -0.25) is 14.4 Å². The van der Waals surface area contributed by atoms with E-state index in [0.29, 0.717) is 17.1 Å². The van der Waals surface area contributed by atoms with Crippen LogP contribution in [-0.2, 0) is 33.7 Å². The first-order chi connectivity index (χ1) is 15.4. The third kappa shape index (κ3) is 5.87. The van der Waals surface area contributed by atoms with E-state index in [-0.39, 0.29) is 25.2 Å². The van der Waals surface area contributed by atoms with E-state index in [2.05, 4.69) is 5.32 Å². The number of rotatable bonds is 10. The lowest BCUT2D eigenvalue weighted by Crippen LogP contribution is -2.35. The van der Waals surface area contributed by atoms with Crippen molar-refractivity contribution in [3.8, 4) is 11.5 Å². The van der Waals surface area contributed by atoms with Gasteiger partial charge in [0.05, 0.1) is 20.6 Å². The van der Waals surface area contributed by atoms with Gasteiger partial charge < -0.3 is 19.5 Å². The molecule has 0 saturated carbocycles. The summed E-state index contributed by atoms with van der Waals surface area (Å²) in [6.07, 6.45) is 2.19. The maximum absolute atomic E-state index is 12.4. The summed E-state index contributed by atoms with van der Waals surface area (Å²) >= 11 is 0. The van der Waals surface area contributed by atoms with Crippen LogP contribution >= 0.6 is 0 Å². The molecule has 1 unspecified atom stereocenters. The van der Waals surface area contributed by atoms with Crippen LogP contribution in [0.4, 0.5) is 0 Å². The second-order valence-electron chi connectivity index (χ2n) is 7.80. The smallest absolute Gasteiger partial charge is 0.307 e. The van der Waals surface area contributed by atoms with E-state index < -0.39 is 18.0 Å². The van der Waals surface area contributed by atoms with Crippen LogP contribution in [0, 0.1) is 0 Å². The Morgan fingerprint density at radius 2 is 1.69 bits per heavy atom. The lowest BCUT2D eigenvalue weighted by Gasteiger charge is -2.14. The molecular weight excluding hydrogens is 410 g/mol. The first-order valence-corrected chi connectivity index (χ1v) is 10.7. The Bertz CT molecular complexity index is 1000. The Morgan fingerprint density at radius 3 is 2.44 bits per heavy atom. The van der Waals surface area contributed by atoms with Crippen LogP contribution in [0.2, 0.25) is 0 Å². The molecule has 7 heteroatoms. The fourth-order valence-corrected chi connectivity index (χ4v) is 3.74. The van der Waals surface area contributed by atoms with Crippen molar-refractivity contribution in [1.29, 1.82) is 0 Å². The third-order valence-corrected chi connectivity index (χ3v) is 5.57. The molecule has 0 saturated heterocycles. The van der Waals surface area contributed by atoms with Gasteiger partial charge in [0.25, 0.3) is 5.91 Å². The number of hydrogen-bond acceptors (Lipinski definition) is 6. The molecule has 32 heavy (non-hydrogen) atoms. The van der Waals surface area contributed by atoms with Crippen molar-refractivity contribution in [3.05, 3.63) is 58.7 Å². The minimum Gasteiger partial charge on any atom is -0.493 e. The maximum Gasteiger partial charge on any atom is 0.307 e. The number of nitrogens with one attached hydrogen (secondary N) is 1. The van der Waals surface area contributed by atoms with Crippen LogP contribution in [0.15, 0.2) is 36.4 Å². The summed E-state index contributed by atoms with van der Waals surface area (Å²) in [5.41, 5.74) is 3.96. The Balaban J connectivity index is 1.43. The highest BCUT2D eigenvalue weighted by atomic mass is 16.5. The molecule has 2 aromatic carbocycles. The van der Waals surface area contributed by atoms with Gasteiger partial charge in [0.15, 0.2) is 23.4 Å². The first-order valence-electron chi connectivity index (χ1n) is 10.7. The second-order valence-corrected chi connectivity index (χ2v) is 7.80. The molecule has 3 rings (SSSR count). The number of methoxy groups -OCH3 is 2. The van der Waals surface area contributed by atoms with E-state index in [0.717, 1.165) is 24.8 Å². The number of hydrogen-bond donors (Lipinski definition) is 1. The van der Waals surface area contributed by atoms with E-state index in [4.69, 9.17) is 14.2 Å². The van der Waals surface area contributed by atoms with Crippen molar-refractivity contribution in [1.82, 2.24) is 5.32 Å². The Labute approximate surface area is 188 Å². The maximum atomic E-state index is 12.4. The molecule has 2 aromatic rings. The Morgan fingerprint density at radius 1 is 0.938 bits per heavy atom. The highest BCUT2D eigenvalue weighted by Gasteiger charge is 2.19. The van der Waals surface area contributed by atoms with Crippen molar-refractivity contribution in [2.24, 2.45) is 0 Å². The molecule has 1 N–H and O–H groups in total. The van der Waals surface area contributed by atoms with E-state index in [1.165, 1.54) is 25.2 Å². The highest BCUT2D eigenvalue weighted by Crippen LogP contribution is 2.27. The predicted octanol–water partition coefficient (Wildman–Crippen LogP) is 3.40. The van der Waals surface area contributed by atoms with Crippen LogP contribution in [0.25, 0.3) is 0 Å². The van der Waals surface area contributed by atoms with Gasteiger partial charge in [0.1, 0.15) is 0 Å². The van der Waals surface area contributed by atoms with E-state index in [9.17, 15) is 14.4 Å². The lowest BCUT2D eigenvalue weighted by molar-refractivity contribution is -0.154. The number of amides is 1. The molecule has 0 fully saturated rings. The number of fused-ring (bicyclic) bond motifs is 1. The zero-order valence-electron chi connectivity index (χ0n) is 18.7. The topological polar surface area (TPSA) is 90.9 Å². The molecule has 1 atom stereocenters. The number of ketones is 1. The van der Waals surface area contributed by atoms with Gasteiger partial charge >= 0.3 is 5.97 Å². The highest BCUT2D eigenvalue weighted by molar-refractivity contribution is 5.98. The van der Waals surface area contributed by atoms with Crippen molar-refractivity contribution in [2.75, 3.05) is 14.2 Å². The van der Waals surface area contributed by atoms with Gasteiger partial charge in [-0.2, -0.15) is 0 Å². The van der Waals surface area contributed by atoms with E-state index in [1.807, 2.05) is 24.3 Å². The quantitative estimate of drug-likeness (QED) is 0.451. The van der Waals surface area contributed by atoms with Gasteiger partial charge in [-0.05, 0) is 61.1 Å². The van der Waals surface area contributed by atoms with Crippen LogP contribution in [0.5, 0.6) is 11.5 Å². The summed E-state index contributed by atoms with van der Waals surface area (Å²) in [6, 6.07) is 11.1. The minimum absolute atomic E-state index is 0.0532. The van der Waals surface area contributed by atoms with Crippen molar-refractivity contribution < 1.29 is 28.6 Å². The molecule has 0 aromatic heterocycles. The van der Waals surface area contributed by atoms with Gasteiger partial charge in [-0.15, -0.1) is 0 Å².